The number of hydrogen-bond acceptors (Lipinski definition) is 4. The Balaban J connectivity index is 2.17. The number of carbonyl (C=O) groups is 1. The molecule has 0 aliphatic carbocycles. The van der Waals surface area contributed by atoms with Crippen molar-refractivity contribution in [2.75, 3.05) is 5.88 Å². The lowest BCUT2D eigenvalue weighted by atomic mass is 10.2. The Morgan fingerprint density at radius 2 is 2.15 bits per heavy atom. The molecule has 2 heterocycles. The molecule has 5 heteroatoms. The van der Waals surface area contributed by atoms with Crippen LogP contribution in [0, 0.1) is 0 Å². The van der Waals surface area contributed by atoms with E-state index in [9.17, 15) is 4.79 Å². The summed E-state index contributed by atoms with van der Waals surface area (Å²) in [5.74, 6) is -0.841. The molecule has 0 radical (unpaired) electrons. The number of rotatable bonds is 1. The molecular weight excluding hydrogens is 196 g/mol. The molecule has 74 valence electrons. The van der Waals surface area contributed by atoms with Crippen LogP contribution < -0.4 is 0 Å². The van der Waals surface area contributed by atoms with E-state index in [0.717, 1.165) is 0 Å². The maximum atomic E-state index is 11.2. The van der Waals surface area contributed by atoms with Crippen molar-refractivity contribution in [3.8, 4) is 0 Å². The zero-order chi connectivity index (χ0) is 9.64. The first-order chi connectivity index (χ1) is 6.03. The van der Waals surface area contributed by atoms with Crippen molar-refractivity contribution in [1.29, 1.82) is 0 Å². The monoisotopic (exact) mass is 206 g/mol. The van der Waals surface area contributed by atoms with E-state index in [4.69, 9.17) is 25.8 Å². The number of halogens is 1. The predicted molar refractivity (Wildman–Crippen MR) is 44.4 cm³/mol. The maximum Gasteiger partial charge on any atom is 0.338 e. The number of fused-ring (bicyclic) bond motifs is 1. The van der Waals surface area contributed by atoms with Crippen LogP contribution in [0.1, 0.15) is 13.8 Å². The van der Waals surface area contributed by atoms with Gasteiger partial charge >= 0.3 is 5.97 Å². The molecule has 2 saturated heterocycles. The first kappa shape index (κ1) is 9.24. The molecule has 0 aromatic rings. The Hall–Kier alpha value is -0.320. The summed E-state index contributed by atoms with van der Waals surface area (Å²) in [5.41, 5.74) is 0. The van der Waals surface area contributed by atoms with Crippen LogP contribution in [-0.4, -0.2) is 35.9 Å². The van der Waals surface area contributed by atoms with Crippen LogP contribution in [0.15, 0.2) is 0 Å². The van der Waals surface area contributed by atoms with Crippen LogP contribution in [-0.2, 0) is 19.0 Å². The van der Waals surface area contributed by atoms with Crippen molar-refractivity contribution in [2.24, 2.45) is 0 Å². The molecule has 2 fully saturated rings. The second kappa shape index (κ2) is 2.83. The predicted octanol–water partition coefficient (Wildman–Crippen LogP) is 0.671. The quantitative estimate of drug-likeness (QED) is 0.467. The molecule has 2 aliphatic heterocycles. The average Bonchev–Trinajstić information content (AvgIpc) is 2.47. The summed E-state index contributed by atoms with van der Waals surface area (Å²) in [6, 6.07) is 0. The maximum absolute atomic E-state index is 11.2. The molecule has 0 amide bonds. The van der Waals surface area contributed by atoms with Gasteiger partial charge in [-0.3, -0.25) is 0 Å². The fraction of sp³-hybridized carbons (Fsp3) is 0.875. The fourth-order valence-corrected chi connectivity index (χ4v) is 1.88. The third-order valence-electron chi connectivity index (χ3n) is 2.15. The highest BCUT2D eigenvalue weighted by Crippen LogP contribution is 2.36. The molecule has 13 heavy (non-hydrogen) atoms. The third-order valence-corrected chi connectivity index (χ3v) is 2.45. The van der Waals surface area contributed by atoms with Gasteiger partial charge in [0, 0.05) is 0 Å². The summed E-state index contributed by atoms with van der Waals surface area (Å²) in [7, 11) is 0. The van der Waals surface area contributed by atoms with Gasteiger partial charge in [0.25, 0.3) is 0 Å². The van der Waals surface area contributed by atoms with Gasteiger partial charge in [0.05, 0.1) is 5.88 Å². The van der Waals surface area contributed by atoms with Gasteiger partial charge < -0.3 is 14.2 Å². The smallest absolute Gasteiger partial charge is 0.338 e. The fourth-order valence-electron chi connectivity index (χ4n) is 1.65. The molecule has 0 aromatic heterocycles. The first-order valence-corrected chi connectivity index (χ1v) is 4.69. The summed E-state index contributed by atoms with van der Waals surface area (Å²) < 4.78 is 15.8. The van der Waals surface area contributed by atoms with E-state index < -0.39 is 11.9 Å². The van der Waals surface area contributed by atoms with Crippen molar-refractivity contribution in [3.05, 3.63) is 0 Å². The molecule has 0 unspecified atom stereocenters. The van der Waals surface area contributed by atoms with Gasteiger partial charge in [-0.25, -0.2) is 4.79 Å². The number of carbonyl (C=O) groups excluding carboxylic acids is 1. The molecule has 0 saturated carbocycles. The van der Waals surface area contributed by atoms with Crippen molar-refractivity contribution < 1.29 is 19.0 Å². The zero-order valence-corrected chi connectivity index (χ0v) is 8.21. The molecule has 0 spiro atoms. The van der Waals surface area contributed by atoms with Gasteiger partial charge in [-0.05, 0) is 13.8 Å². The minimum atomic E-state index is -0.709. The Labute approximate surface area is 81.1 Å². The van der Waals surface area contributed by atoms with Crippen molar-refractivity contribution in [2.45, 2.75) is 37.9 Å². The molecular formula is C8H11ClO4. The summed E-state index contributed by atoms with van der Waals surface area (Å²) in [4.78, 5) is 11.2. The summed E-state index contributed by atoms with van der Waals surface area (Å²) in [6.07, 6.45) is -1.32. The second-order valence-electron chi connectivity index (χ2n) is 3.65. The number of hydrogen-bond donors (Lipinski definition) is 0. The van der Waals surface area contributed by atoms with Crippen molar-refractivity contribution in [1.82, 2.24) is 0 Å². The Morgan fingerprint density at radius 1 is 1.46 bits per heavy atom. The van der Waals surface area contributed by atoms with Gasteiger partial charge in [-0.1, -0.05) is 0 Å². The molecule has 2 rings (SSSR count). The Kier molecular flexibility index (Phi) is 2.02. The topological polar surface area (TPSA) is 44.8 Å². The normalized spacial score (nSPS) is 41.8. The highest BCUT2D eigenvalue weighted by atomic mass is 35.5. The molecule has 0 bridgehead atoms. The lowest BCUT2D eigenvalue weighted by Gasteiger charge is -2.20. The largest absolute Gasteiger partial charge is 0.456 e. The number of esters is 1. The summed E-state index contributed by atoms with van der Waals surface area (Å²) in [6.45, 7) is 3.54. The van der Waals surface area contributed by atoms with E-state index in [2.05, 4.69) is 0 Å². The Morgan fingerprint density at radius 3 is 2.77 bits per heavy atom. The molecule has 3 atom stereocenters. The van der Waals surface area contributed by atoms with Crippen molar-refractivity contribution in [3.63, 3.8) is 0 Å². The van der Waals surface area contributed by atoms with Gasteiger partial charge in [-0.2, -0.15) is 0 Å². The molecule has 0 aromatic carbocycles. The first-order valence-electron chi connectivity index (χ1n) is 4.15. The lowest BCUT2D eigenvalue weighted by Crippen LogP contribution is -2.30. The van der Waals surface area contributed by atoms with E-state index in [1.165, 1.54) is 0 Å². The number of alkyl halides is 1. The van der Waals surface area contributed by atoms with E-state index in [1.807, 2.05) is 0 Å². The van der Waals surface area contributed by atoms with E-state index in [-0.39, 0.29) is 24.1 Å². The van der Waals surface area contributed by atoms with Crippen LogP contribution in [0.25, 0.3) is 0 Å². The van der Waals surface area contributed by atoms with Gasteiger partial charge in [-0.15, -0.1) is 11.6 Å². The average molecular weight is 207 g/mol. The van der Waals surface area contributed by atoms with Gasteiger partial charge in [0.1, 0.15) is 12.2 Å². The van der Waals surface area contributed by atoms with Crippen LogP contribution in [0.2, 0.25) is 0 Å². The highest BCUT2D eigenvalue weighted by molar-refractivity contribution is 6.18. The molecule has 4 nitrogen and oxygen atoms in total. The minimum absolute atomic E-state index is 0.242. The van der Waals surface area contributed by atoms with Crippen LogP contribution >= 0.6 is 11.6 Å². The molecule has 2 aliphatic rings. The van der Waals surface area contributed by atoms with E-state index in [1.54, 1.807) is 13.8 Å². The number of ether oxygens (including phenoxy) is 3. The number of cyclic esters (lactones) is 1. The minimum Gasteiger partial charge on any atom is -0.456 e. The van der Waals surface area contributed by atoms with Crippen LogP contribution in [0.4, 0.5) is 0 Å². The lowest BCUT2D eigenvalue weighted by molar-refractivity contribution is -0.185. The third kappa shape index (κ3) is 1.43. The standard InChI is InChI=1S/C8H11ClO4/c1-8(2)12-5-4(3-9)11-7(10)6(5)13-8/h4-6H,3H2,1-2H3/t4-,5-,6-/m1/s1. The second-order valence-corrected chi connectivity index (χ2v) is 3.96. The molecule has 0 N–H and O–H groups in total. The SMILES string of the molecule is CC1(C)O[C@@H]2[C@@H](CCl)OC(=O)[C@@H]2O1. The van der Waals surface area contributed by atoms with E-state index >= 15 is 0 Å². The van der Waals surface area contributed by atoms with Crippen LogP contribution in [0.5, 0.6) is 0 Å². The summed E-state index contributed by atoms with van der Waals surface area (Å²) in [5, 5.41) is 0. The highest BCUT2D eigenvalue weighted by Gasteiger charge is 2.55. The van der Waals surface area contributed by atoms with E-state index in [0.29, 0.717) is 0 Å². The van der Waals surface area contributed by atoms with Gasteiger partial charge in [0.15, 0.2) is 11.9 Å². The zero-order valence-electron chi connectivity index (χ0n) is 7.45. The van der Waals surface area contributed by atoms with Crippen LogP contribution in [0.3, 0.4) is 0 Å². The van der Waals surface area contributed by atoms with Gasteiger partial charge in [0.2, 0.25) is 0 Å². The van der Waals surface area contributed by atoms with Crippen molar-refractivity contribution >= 4 is 17.6 Å². The summed E-state index contributed by atoms with van der Waals surface area (Å²) >= 11 is 5.62. The Bertz CT molecular complexity index is 240.